The molecule has 1 amide bonds. The fourth-order valence-electron chi connectivity index (χ4n) is 2.19. The summed E-state index contributed by atoms with van der Waals surface area (Å²) in [5, 5.41) is -0.755. The van der Waals surface area contributed by atoms with Gasteiger partial charge in [-0.3, -0.25) is 4.79 Å². The van der Waals surface area contributed by atoms with Crippen molar-refractivity contribution in [1.82, 2.24) is 4.90 Å². The third-order valence-corrected chi connectivity index (χ3v) is 5.97. The Hall–Kier alpha value is -1.21. The number of carbonyl (C=O) groups excluding carboxylic acids is 1. The molecule has 0 bridgehead atoms. The van der Waals surface area contributed by atoms with Crippen LogP contribution in [0.2, 0.25) is 0 Å². The Labute approximate surface area is 123 Å². The van der Waals surface area contributed by atoms with Crippen molar-refractivity contribution in [3.05, 3.63) is 29.3 Å². The number of thioether (sulfide) groups is 1. The molecule has 0 aliphatic carbocycles. The molecule has 1 aliphatic heterocycles. The van der Waals surface area contributed by atoms with E-state index in [2.05, 4.69) is 0 Å². The van der Waals surface area contributed by atoms with Gasteiger partial charge in [0.2, 0.25) is 0 Å². The molecule has 110 valence electrons. The van der Waals surface area contributed by atoms with Crippen molar-refractivity contribution in [1.29, 1.82) is 0 Å². The molecule has 0 saturated carbocycles. The summed E-state index contributed by atoms with van der Waals surface area (Å²) in [6.45, 7) is 2.26. The second-order valence-electron chi connectivity index (χ2n) is 4.93. The average molecular weight is 314 g/mol. The third-order valence-electron chi connectivity index (χ3n) is 3.33. The van der Waals surface area contributed by atoms with Gasteiger partial charge in [0, 0.05) is 35.6 Å². The first-order chi connectivity index (χ1) is 9.30. The predicted octanol–water partition coefficient (Wildman–Crippen LogP) is 1.14. The molecule has 20 heavy (non-hydrogen) atoms. The number of benzene rings is 1. The number of sulfone groups is 1. The van der Waals surface area contributed by atoms with E-state index in [0.717, 1.165) is 11.3 Å². The minimum Gasteiger partial charge on any atom is -0.399 e. The van der Waals surface area contributed by atoms with Crippen LogP contribution in [0.1, 0.15) is 15.9 Å². The van der Waals surface area contributed by atoms with E-state index >= 15 is 0 Å². The number of hydrogen-bond acceptors (Lipinski definition) is 5. The highest BCUT2D eigenvalue weighted by Crippen LogP contribution is 2.24. The van der Waals surface area contributed by atoms with Crippen molar-refractivity contribution in [2.24, 2.45) is 0 Å². The quantitative estimate of drug-likeness (QED) is 0.828. The number of nitrogens with two attached hydrogens (primary N) is 1. The molecule has 1 atom stereocenters. The minimum absolute atomic E-state index is 0.259. The predicted molar refractivity (Wildman–Crippen MR) is 82.6 cm³/mol. The number of carbonyl (C=O) groups is 1. The van der Waals surface area contributed by atoms with E-state index in [9.17, 15) is 13.2 Å². The van der Waals surface area contributed by atoms with Gasteiger partial charge < -0.3 is 10.6 Å². The molecule has 1 aromatic carbocycles. The fraction of sp³-hybridized carbons (Fsp3) is 0.462. The number of hydrogen-bond donors (Lipinski definition) is 1. The molecule has 1 saturated heterocycles. The molecule has 2 N–H and O–H groups in total. The van der Waals surface area contributed by atoms with Crippen LogP contribution >= 0.6 is 11.8 Å². The summed E-state index contributed by atoms with van der Waals surface area (Å²) >= 11 is 1.56. The van der Waals surface area contributed by atoms with Crippen LogP contribution < -0.4 is 5.73 Å². The second kappa shape index (κ2) is 5.65. The Bertz CT molecular complexity index is 629. The summed E-state index contributed by atoms with van der Waals surface area (Å²) in [5.74, 6) is 0.913. The highest BCUT2D eigenvalue weighted by molar-refractivity contribution is 8.00. The van der Waals surface area contributed by atoms with Crippen molar-refractivity contribution in [3.63, 3.8) is 0 Å². The molecular weight excluding hydrogens is 296 g/mol. The summed E-state index contributed by atoms with van der Waals surface area (Å²) in [7, 11) is -3.30. The number of anilines is 1. The van der Waals surface area contributed by atoms with E-state index in [1.165, 1.54) is 11.2 Å². The first-order valence-electron chi connectivity index (χ1n) is 6.24. The average Bonchev–Trinajstić information content (AvgIpc) is 2.40. The van der Waals surface area contributed by atoms with Gasteiger partial charge in [0.15, 0.2) is 9.84 Å². The van der Waals surface area contributed by atoms with Crippen LogP contribution in [0.25, 0.3) is 0 Å². The lowest BCUT2D eigenvalue weighted by atomic mass is 10.1. The molecular formula is C13H18N2O3S2. The maximum Gasteiger partial charge on any atom is 0.255 e. The van der Waals surface area contributed by atoms with Gasteiger partial charge in [0.05, 0.1) is 0 Å². The molecule has 5 nitrogen and oxygen atoms in total. The van der Waals surface area contributed by atoms with Gasteiger partial charge in [-0.05, 0) is 24.6 Å². The van der Waals surface area contributed by atoms with Gasteiger partial charge in [-0.2, -0.15) is 11.8 Å². The topological polar surface area (TPSA) is 80.5 Å². The van der Waals surface area contributed by atoms with E-state index in [-0.39, 0.29) is 5.91 Å². The van der Waals surface area contributed by atoms with Crippen LogP contribution in [0.4, 0.5) is 5.69 Å². The third kappa shape index (κ3) is 3.09. The van der Waals surface area contributed by atoms with Crippen molar-refractivity contribution in [3.8, 4) is 0 Å². The monoisotopic (exact) mass is 314 g/mol. The zero-order valence-corrected chi connectivity index (χ0v) is 13.1. The summed E-state index contributed by atoms with van der Waals surface area (Å²) in [6, 6.07) is 5.11. The number of aryl methyl sites for hydroxylation is 1. The van der Waals surface area contributed by atoms with Crippen molar-refractivity contribution < 1.29 is 13.2 Å². The number of nitrogens with zero attached hydrogens (tertiary/aromatic N) is 1. The molecule has 1 unspecified atom stereocenters. The zero-order valence-electron chi connectivity index (χ0n) is 11.5. The van der Waals surface area contributed by atoms with E-state index in [1.54, 1.807) is 30.0 Å². The molecule has 1 aromatic rings. The van der Waals surface area contributed by atoms with Gasteiger partial charge in [-0.15, -0.1) is 0 Å². The van der Waals surface area contributed by atoms with Gasteiger partial charge >= 0.3 is 0 Å². The number of amides is 1. The lowest BCUT2D eigenvalue weighted by Gasteiger charge is -2.34. The summed E-state index contributed by atoms with van der Waals surface area (Å²) < 4.78 is 23.7. The Morgan fingerprint density at radius 3 is 2.80 bits per heavy atom. The maximum absolute atomic E-state index is 12.6. The normalized spacial score (nSPS) is 19.9. The maximum atomic E-state index is 12.6. The lowest BCUT2D eigenvalue weighted by molar-refractivity contribution is 0.0749. The second-order valence-corrected chi connectivity index (χ2v) is 8.29. The first kappa shape index (κ1) is 15.2. The standard InChI is InChI=1S/C13H18N2O3S2/c1-9-3-4-10(14)7-11(9)13(16)15-5-6-19-8-12(15)20(2,17)18/h3-4,7,12H,5-6,8,14H2,1-2H3. The lowest BCUT2D eigenvalue weighted by Crippen LogP contribution is -2.50. The largest absolute Gasteiger partial charge is 0.399 e. The van der Waals surface area contributed by atoms with Crippen LogP contribution in [0, 0.1) is 6.92 Å². The summed E-state index contributed by atoms with van der Waals surface area (Å²) in [6.07, 6.45) is 1.18. The van der Waals surface area contributed by atoms with Crippen LogP contribution in [-0.4, -0.2) is 48.9 Å². The van der Waals surface area contributed by atoms with E-state index in [4.69, 9.17) is 5.73 Å². The van der Waals surface area contributed by atoms with E-state index < -0.39 is 15.2 Å². The van der Waals surface area contributed by atoms with Crippen LogP contribution in [-0.2, 0) is 9.84 Å². The SMILES string of the molecule is Cc1ccc(N)cc1C(=O)N1CCSCC1S(C)(=O)=O. The highest BCUT2D eigenvalue weighted by Gasteiger charge is 2.35. The Kier molecular flexibility index (Phi) is 4.29. The highest BCUT2D eigenvalue weighted by atomic mass is 32.2. The minimum atomic E-state index is -3.30. The smallest absolute Gasteiger partial charge is 0.255 e. The van der Waals surface area contributed by atoms with E-state index in [0.29, 0.717) is 23.5 Å². The molecule has 0 spiro atoms. The van der Waals surface area contributed by atoms with Crippen LogP contribution in [0.15, 0.2) is 18.2 Å². The molecule has 7 heteroatoms. The molecule has 1 fully saturated rings. The first-order valence-corrected chi connectivity index (χ1v) is 9.35. The summed E-state index contributed by atoms with van der Waals surface area (Å²) in [5.41, 5.74) is 7.50. The van der Waals surface area contributed by atoms with Gasteiger partial charge in [0.25, 0.3) is 5.91 Å². The number of nitrogen functional groups attached to an aromatic ring is 1. The van der Waals surface area contributed by atoms with Crippen molar-refractivity contribution >= 4 is 33.2 Å². The van der Waals surface area contributed by atoms with Gasteiger partial charge in [-0.25, -0.2) is 8.42 Å². The molecule has 0 radical (unpaired) electrons. The summed E-state index contributed by atoms with van der Waals surface area (Å²) in [4.78, 5) is 14.1. The Morgan fingerprint density at radius 1 is 1.45 bits per heavy atom. The molecule has 2 rings (SSSR count). The van der Waals surface area contributed by atoms with E-state index in [1.807, 2.05) is 6.92 Å². The van der Waals surface area contributed by atoms with Crippen LogP contribution in [0.3, 0.4) is 0 Å². The van der Waals surface area contributed by atoms with Crippen molar-refractivity contribution in [2.75, 3.05) is 30.0 Å². The molecule has 0 aromatic heterocycles. The Morgan fingerprint density at radius 2 is 2.15 bits per heavy atom. The number of rotatable bonds is 2. The zero-order chi connectivity index (χ0) is 14.9. The van der Waals surface area contributed by atoms with Gasteiger partial charge in [0.1, 0.15) is 5.37 Å². The fourth-order valence-corrected chi connectivity index (χ4v) is 5.01. The van der Waals surface area contributed by atoms with Crippen LogP contribution in [0.5, 0.6) is 0 Å². The molecule has 1 aliphatic rings. The van der Waals surface area contributed by atoms with Gasteiger partial charge in [-0.1, -0.05) is 6.07 Å². The molecule has 1 heterocycles. The Balaban J connectivity index is 2.37. The van der Waals surface area contributed by atoms with Crippen molar-refractivity contribution in [2.45, 2.75) is 12.3 Å².